The van der Waals surface area contributed by atoms with E-state index in [2.05, 4.69) is 15.4 Å². The van der Waals surface area contributed by atoms with Crippen LogP contribution in [0.15, 0.2) is 35.2 Å². The van der Waals surface area contributed by atoms with Gasteiger partial charge in [-0.05, 0) is 56.0 Å². The van der Waals surface area contributed by atoms with Gasteiger partial charge in [0, 0.05) is 11.7 Å². The third-order valence-corrected chi connectivity index (χ3v) is 7.04. The smallest absolute Gasteiger partial charge is 0.253 e. The van der Waals surface area contributed by atoms with Crippen molar-refractivity contribution in [2.24, 2.45) is 0 Å². The lowest BCUT2D eigenvalue weighted by atomic mass is 10.1. The number of anilines is 1. The molecule has 0 unspecified atom stereocenters. The van der Waals surface area contributed by atoms with Gasteiger partial charge in [0.1, 0.15) is 4.90 Å². The minimum absolute atomic E-state index is 0.0159. The number of carbonyl (C=O) groups is 2. The molecule has 1 aliphatic carbocycles. The number of hydrogen-bond acceptors (Lipinski definition) is 4. The summed E-state index contributed by atoms with van der Waals surface area (Å²) in [6.07, 6.45) is 1.51. The molecule has 1 fully saturated rings. The van der Waals surface area contributed by atoms with Crippen LogP contribution in [-0.2, 0) is 14.8 Å². The molecular weight excluding hydrogens is 449 g/mol. The van der Waals surface area contributed by atoms with Gasteiger partial charge in [0.2, 0.25) is 15.9 Å². The van der Waals surface area contributed by atoms with Crippen LogP contribution in [-0.4, -0.2) is 32.8 Å². The molecule has 3 rings (SSSR count). The van der Waals surface area contributed by atoms with E-state index >= 15 is 0 Å². The second-order valence-corrected chi connectivity index (χ2v) is 9.63. The van der Waals surface area contributed by atoms with E-state index in [0.717, 1.165) is 30.0 Å². The largest absolute Gasteiger partial charge is 0.343 e. The summed E-state index contributed by atoms with van der Waals surface area (Å²) in [6, 6.07) is 7.72. The quantitative estimate of drug-likeness (QED) is 0.577. The van der Waals surface area contributed by atoms with Gasteiger partial charge in [-0.2, -0.15) is 0 Å². The Hall–Kier alpha value is -2.13. The molecule has 30 heavy (non-hydrogen) atoms. The van der Waals surface area contributed by atoms with E-state index < -0.39 is 21.8 Å². The first-order chi connectivity index (χ1) is 14.1. The third-order valence-electron chi connectivity index (χ3n) is 4.74. The molecule has 1 saturated carbocycles. The van der Waals surface area contributed by atoms with Crippen LogP contribution in [0.3, 0.4) is 0 Å². The van der Waals surface area contributed by atoms with E-state index in [4.69, 9.17) is 23.2 Å². The lowest BCUT2D eigenvalue weighted by Crippen LogP contribution is -2.33. The number of carbonyl (C=O) groups excluding carboxylic acids is 2. The summed E-state index contributed by atoms with van der Waals surface area (Å²) < 4.78 is 27.5. The second kappa shape index (κ2) is 8.93. The van der Waals surface area contributed by atoms with Crippen molar-refractivity contribution in [3.63, 3.8) is 0 Å². The predicted molar refractivity (Wildman–Crippen MR) is 117 cm³/mol. The van der Waals surface area contributed by atoms with Gasteiger partial charge in [0.25, 0.3) is 5.91 Å². The van der Waals surface area contributed by atoms with Crippen LogP contribution in [0.5, 0.6) is 0 Å². The number of benzene rings is 2. The fourth-order valence-electron chi connectivity index (χ4n) is 2.73. The second-order valence-electron chi connectivity index (χ2n) is 7.14. The van der Waals surface area contributed by atoms with Crippen LogP contribution in [0, 0.1) is 13.8 Å². The Kier molecular flexibility index (Phi) is 6.71. The van der Waals surface area contributed by atoms with Crippen molar-refractivity contribution in [2.45, 2.75) is 37.6 Å². The molecule has 10 heteroatoms. The Balaban J connectivity index is 1.71. The number of rotatable bonds is 7. The molecule has 0 aromatic heterocycles. The maximum Gasteiger partial charge on any atom is 0.253 e. The zero-order valence-electron chi connectivity index (χ0n) is 16.4. The summed E-state index contributed by atoms with van der Waals surface area (Å²) in [5.74, 6) is -1.11. The molecule has 3 N–H and O–H groups in total. The van der Waals surface area contributed by atoms with Gasteiger partial charge < -0.3 is 10.6 Å². The Morgan fingerprint density at radius 2 is 1.80 bits per heavy atom. The fourth-order valence-corrected chi connectivity index (χ4v) is 4.89. The molecule has 2 amide bonds. The fraction of sp³-hybridized carbons (Fsp3) is 0.300. The average molecular weight is 470 g/mol. The molecule has 7 nitrogen and oxygen atoms in total. The highest BCUT2D eigenvalue weighted by molar-refractivity contribution is 7.89. The molecule has 0 radical (unpaired) electrons. The first-order valence-electron chi connectivity index (χ1n) is 9.24. The zero-order valence-corrected chi connectivity index (χ0v) is 18.7. The zero-order chi connectivity index (χ0) is 22.1. The number of hydrogen-bond donors (Lipinski definition) is 3. The summed E-state index contributed by atoms with van der Waals surface area (Å²) in [5, 5.41) is 5.08. The topological polar surface area (TPSA) is 104 Å². The Labute approximate surface area is 185 Å². The number of nitrogens with one attached hydrogen (secondary N) is 3. The molecule has 1 aliphatic rings. The molecule has 2 aromatic rings. The van der Waals surface area contributed by atoms with Gasteiger partial charge in [-0.15, -0.1) is 0 Å². The van der Waals surface area contributed by atoms with Gasteiger partial charge in [0.05, 0.1) is 22.2 Å². The van der Waals surface area contributed by atoms with Gasteiger partial charge in [-0.3, -0.25) is 9.59 Å². The normalized spacial score (nSPS) is 13.7. The molecule has 0 spiro atoms. The minimum atomic E-state index is -3.88. The highest BCUT2D eigenvalue weighted by Gasteiger charge is 2.30. The van der Waals surface area contributed by atoms with E-state index in [1.807, 2.05) is 26.0 Å². The van der Waals surface area contributed by atoms with Crippen molar-refractivity contribution in [3.05, 3.63) is 57.1 Å². The Morgan fingerprint density at radius 1 is 1.10 bits per heavy atom. The molecule has 160 valence electrons. The SMILES string of the molecule is Cc1cccc(NC(=O)CNC(=O)c2cc(S(=O)(=O)NC3CC3)c(Cl)cc2Cl)c1C. The van der Waals surface area contributed by atoms with Crippen LogP contribution in [0.25, 0.3) is 0 Å². The molecule has 0 aliphatic heterocycles. The molecule has 0 saturated heterocycles. The monoisotopic (exact) mass is 469 g/mol. The molecule has 0 bridgehead atoms. The summed E-state index contributed by atoms with van der Waals surface area (Å²) in [7, 11) is -3.88. The number of halogens is 2. The van der Waals surface area contributed by atoms with Gasteiger partial charge in [-0.1, -0.05) is 35.3 Å². The maximum absolute atomic E-state index is 12.5. The average Bonchev–Trinajstić information content (AvgIpc) is 3.46. The maximum atomic E-state index is 12.5. The number of aryl methyl sites for hydroxylation is 1. The molecule has 2 aromatic carbocycles. The van der Waals surface area contributed by atoms with E-state index in [-0.39, 0.29) is 33.1 Å². The lowest BCUT2D eigenvalue weighted by molar-refractivity contribution is -0.115. The molecule has 0 heterocycles. The van der Waals surface area contributed by atoms with Crippen molar-refractivity contribution in [1.29, 1.82) is 0 Å². The highest BCUT2D eigenvalue weighted by atomic mass is 35.5. The van der Waals surface area contributed by atoms with Crippen molar-refractivity contribution in [3.8, 4) is 0 Å². The van der Waals surface area contributed by atoms with Crippen molar-refractivity contribution in [1.82, 2.24) is 10.0 Å². The Bertz CT molecular complexity index is 1120. The molecular formula is C20H21Cl2N3O4S. The lowest BCUT2D eigenvalue weighted by Gasteiger charge is -2.13. The highest BCUT2D eigenvalue weighted by Crippen LogP contribution is 2.30. The van der Waals surface area contributed by atoms with Gasteiger partial charge in [-0.25, -0.2) is 13.1 Å². The van der Waals surface area contributed by atoms with E-state index in [1.54, 1.807) is 6.07 Å². The summed E-state index contributed by atoms with van der Waals surface area (Å²) >= 11 is 12.1. The van der Waals surface area contributed by atoms with E-state index in [9.17, 15) is 18.0 Å². The summed E-state index contributed by atoms with van der Waals surface area (Å²) in [4.78, 5) is 24.5. The van der Waals surface area contributed by atoms with Crippen LogP contribution >= 0.6 is 23.2 Å². The van der Waals surface area contributed by atoms with Crippen molar-refractivity contribution < 1.29 is 18.0 Å². The van der Waals surface area contributed by atoms with E-state index in [0.29, 0.717) is 5.69 Å². The van der Waals surface area contributed by atoms with Crippen molar-refractivity contribution >= 4 is 50.7 Å². The predicted octanol–water partition coefficient (Wildman–Crippen LogP) is 3.42. The van der Waals surface area contributed by atoms with Crippen LogP contribution < -0.4 is 15.4 Å². The van der Waals surface area contributed by atoms with Crippen LogP contribution in [0.4, 0.5) is 5.69 Å². The van der Waals surface area contributed by atoms with Crippen molar-refractivity contribution in [2.75, 3.05) is 11.9 Å². The van der Waals surface area contributed by atoms with Gasteiger partial charge >= 0.3 is 0 Å². The van der Waals surface area contributed by atoms with Crippen LogP contribution in [0.1, 0.15) is 34.3 Å². The Morgan fingerprint density at radius 3 is 2.47 bits per heavy atom. The first kappa shape index (κ1) is 22.6. The standard InChI is InChI=1S/C20H21Cl2N3O4S/c1-11-4-3-5-17(12(11)2)24-19(26)10-23-20(27)14-8-18(16(22)9-15(14)21)30(28,29)25-13-6-7-13/h3-5,8-9,13,25H,6-7,10H2,1-2H3,(H,23,27)(H,24,26). The first-order valence-corrected chi connectivity index (χ1v) is 11.5. The number of amides is 2. The summed E-state index contributed by atoms with van der Waals surface area (Å²) in [5.41, 5.74) is 2.52. The van der Waals surface area contributed by atoms with Crippen LogP contribution in [0.2, 0.25) is 10.0 Å². The number of sulfonamides is 1. The summed E-state index contributed by atoms with van der Waals surface area (Å²) in [6.45, 7) is 3.50. The third kappa shape index (κ3) is 5.31. The minimum Gasteiger partial charge on any atom is -0.343 e. The van der Waals surface area contributed by atoms with E-state index in [1.165, 1.54) is 6.07 Å². The molecule has 0 atom stereocenters. The van der Waals surface area contributed by atoms with Gasteiger partial charge in [0.15, 0.2) is 0 Å².